The molecule has 1 heterocycles. The van der Waals surface area contributed by atoms with Gasteiger partial charge in [0.15, 0.2) is 0 Å². The topological polar surface area (TPSA) is 93.2 Å². The van der Waals surface area contributed by atoms with Crippen molar-refractivity contribution in [2.24, 2.45) is 5.73 Å². The molecular formula is C13H16N4O2. The highest BCUT2D eigenvalue weighted by Gasteiger charge is 2.01. The van der Waals surface area contributed by atoms with Crippen LogP contribution in [0.3, 0.4) is 0 Å². The number of aliphatic hydroxyl groups is 1. The Bertz CT molecular complexity index is 548. The average molecular weight is 260 g/mol. The molecule has 0 fully saturated rings. The zero-order valence-electron chi connectivity index (χ0n) is 10.4. The minimum atomic E-state index is -0.433. The molecule has 0 bridgehead atoms. The lowest BCUT2D eigenvalue weighted by Crippen LogP contribution is -2.10. The standard InChI is InChI=1S/C13H16N4O2/c14-13(19)11-1-3-12(4-2-11)15-7-10-8-16-17(9-10)5-6-18/h1-4,8-9,15,18H,5-7H2,(H2,14,19). The summed E-state index contributed by atoms with van der Waals surface area (Å²) in [5, 5.41) is 16.1. The Morgan fingerprint density at radius 1 is 1.37 bits per heavy atom. The van der Waals surface area contributed by atoms with Crippen molar-refractivity contribution in [3.63, 3.8) is 0 Å². The second kappa shape index (κ2) is 6.01. The Morgan fingerprint density at radius 2 is 2.11 bits per heavy atom. The van der Waals surface area contributed by atoms with Crippen molar-refractivity contribution in [1.29, 1.82) is 0 Å². The van der Waals surface area contributed by atoms with Crippen LogP contribution < -0.4 is 11.1 Å². The second-order valence-corrected chi connectivity index (χ2v) is 4.13. The van der Waals surface area contributed by atoms with Crippen LogP contribution in [0.4, 0.5) is 5.69 Å². The van der Waals surface area contributed by atoms with Crippen molar-refractivity contribution in [3.8, 4) is 0 Å². The van der Waals surface area contributed by atoms with Gasteiger partial charge in [0, 0.05) is 29.6 Å². The van der Waals surface area contributed by atoms with E-state index in [1.165, 1.54) is 0 Å². The van der Waals surface area contributed by atoms with Crippen LogP contribution in [0.2, 0.25) is 0 Å². The molecule has 2 rings (SSSR count). The first kappa shape index (κ1) is 13.1. The second-order valence-electron chi connectivity index (χ2n) is 4.13. The molecule has 0 unspecified atom stereocenters. The largest absolute Gasteiger partial charge is 0.394 e. The normalized spacial score (nSPS) is 10.4. The van der Waals surface area contributed by atoms with Crippen LogP contribution in [0, 0.1) is 0 Å². The lowest BCUT2D eigenvalue weighted by Gasteiger charge is -2.05. The molecule has 0 radical (unpaired) electrons. The Hall–Kier alpha value is -2.34. The minimum Gasteiger partial charge on any atom is -0.394 e. The molecule has 1 amide bonds. The predicted octanol–water partition coefficient (Wildman–Crippen LogP) is 0.586. The van der Waals surface area contributed by atoms with Gasteiger partial charge < -0.3 is 16.2 Å². The number of hydrogen-bond donors (Lipinski definition) is 3. The maximum Gasteiger partial charge on any atom is 0.248 e. The molecule has 4 N–H and O–H groups in total. The SMILES string of the molecule is NC(=O)c1ccc(NCc2cnn(CCO)c2)cc1. The molecule has 0 aliphatic heterocycles. The number of hydrogen-bond acceptors (Lipinski definition) is 4. The van der Waals surface area contributed by atoms with Gasteiger partial charge in [-0.15, -0.1) is 0 Å². The summed E-state index contributed by atoms with van der Waals surface area (Å²) in [6.07, 6.45) is 3.63. The maximum atomic E-state index is 10.9. The van der Waals surface area contributed by atoms with Gasteiger partial charge in [0.25, 0.3) is 0 Å². The number of amides is 1. The molecule has 6 heteroatoms. The summed E-state index contributed by atoms with van der Waals surface area (Å²) < 4.78 is 1.69. The van der Waals surface area contributed by atoms with Crippen LogP contribution in [-0.4, -0.2) is 27.4 Å². The van der Waals surface area contributed by atoms with E-state index in [0.29, 0.717) is 18.7 Å². The van der Waals surface area contributed by atoms with Gasteiger partial charge in [0.05, 0.1) is 19.3 Å². The minimum absolute atomic E-state index is 0.0725. The summed E-state index contributed by atoms with van der Waals surface area (Å²) >= 11 is 0. The van der Waals surface area contributed by atoms with E-state index < -0.39 is 5.91 Å². The van der Waals surface area contributed by atoms with Crippen LogP contribution in [-0.2, 0) is 13.1 Å². The number of nitrogens with zero attached hydrogens (tertiary/aromatic N) is 2. The summed E-state index contributed by atoms with van der Waals surface area (Å²) in [5.74, 6) is -0.433. The van der Waals surface area contributed by atoms with Crippen molar-refractivity contribution < 1.29 is 9.90 Å². The summed E-state index contributed by atoms with van der Waals surface area (Å²) in [7, 11) is 0. The number of benzene rings is 1. The third-order valence-electron chi connectivity index (χ3n) is 2.68. The van der Waals surface area contributed by atoms with Crippen LogP contribution in [0.1, 0.15) is 15.9 Å². The number of carbonyl (C=O) groups excluding carboxylic acids is 1. The Kier molecular flexibility index (Phi) is 4.15. The molecule has 0 aliphatic rings. The lowest BCUT2D eigenvalue weighted by molar-refractivity contribution is 0.100. The summed E-state index contributed by atoms with van der Waals surface area (Å²) in [5.41, 5.74) is 7.58. The van der Waals surface area contributed by atoms with Gasteiger partial charge in [0.1, 0.15) is 0 Å². The fourth-order valence-electron chi connectivity index (χ4n) is 1.68. The van der Waals surface area contributed by atoms with E-state index in [4.69, 9.17) is 10.8 Å². The van der Waals surface area contributed by atoms with Gasteiger partial charge in [-0.25, -0.2) is 0 Å². The Balaban J connectivity index is 1.92. The molecule has 0 aliphatic carbocycles. The fraction of sp³-hybridized carbons (Fsp3) is 0.231. The van der Waals surface area contributed by atoms with Crippen LogP contribution in [0.5, 0.6) is 0 Å². The van der Waals surface area contributed by atoms with E-state index in [1.807, 2.05) is 6.20 Å². The average Bonchev–Trinajstić information content (AvgIpc) is 2.85. The summed E-state index contributed by atoms with van der Waals surface area (Å²) in [6, 6.07) is 6.97. The number of aromatic nitrogens is 2. The molecule has 1 aromatic carbocycles. The molecule has 0 saturated carbocycles. The Morgan fingerprint density at radius 3 is 2.74 bits per heavy atom. The van der Waals surface area contributed by atoms with Crippen molar-refractivity contribution in [2.75, 3.05) is 11.9 Å². The highest BCUT2D eigenvalue weighted by molar-refractivity contribution is 5.93. The molecule has 0 atom stereocenters. The zero-order chi connectivity index (χ0) is 13.7. The molecule has 2 aromatic rings. The lowest BCUT2D eigenvalue weighted by atomic mass is 10.2. The first-order chi connectivity index (χ1) is 9.19. The van der Waals surface area contributed by atoms with Gasteiger partial charge in [0.2, 0.25) is 5.91 Å². The molecular weight excluding hydrogens is 244 g/mol. The van der Waals surface area contributed by atoms with E-state index in [0.717, 1.165) is 11.3 Å². The van der Waals surface area contributed by atoms with Crippen molar-refractivity contribution >= 4 is 11.6 Å². The highest BCUT2D eigenvalue weighted by Crippen LogP contribution is 2.10. The van der Waals surface area contributed by atoms with Gasteiger partial charge in [-0.3, -0.25) is 9.48 Å². The molecule has 0 saturated heterocycles. The van der Waals surface area contributed by atoms with Gasteiger partial charge in [-0.2, -0.15) is 5.10 Å². The highest BCUT2D eigenvalue weighted by atomic mass is 16.3. The van der Waals surface area contributed by atoms with E-state index in [2.05, 4.69) is 10.4 Å². The van der Waals surface area contributed by atoms with Crippen LogP contribution in [0.15, 0.2) is 36.7 Å². The molecule has 19 heavy (non-hydrogen) atoms. The number of carbonyl (C=O) groups is 1. The number of rotatable bonds is 6. The van der Waals surface area contributed by atoms with Gasteiger partial charge in [-0.1, -0.05) is 0 Å². The predicted molar refractivity (Wildman–Crippen MR) is 71.6 cm³/mol. The van der Waals surface area contributed by atoms with Gasteiger partial charge in [-0.05, 0) is 24.3 Å². The summed E-state index contributed by atoms with van der Waals surface area (Å²) in [6.45, 7) is 1.19. The van der Waals surface area contributed by atoms with Crippen molar-refractivity contribution in [1.82, 2.24) is 9.78 Å². The summed E-state index contributed by atoms with van der Waals surface area (Å²) in [4.78, 5) is 10.9. The smallest absolute Gasteiger partial charge is 0.248 e. The van der Waals surface area contributed by atoms with E-state index in [-0.39, 0.29) is 6.61 Å². The van der Waals surface area contributed by atoms with Crippen molar-refractivity contribution in [3.05, 3.63) is 47.8 Å². The van der Waals surface area contributed by atoms with Crippen molar-refractivity contribution in [2.45, 2.75) is 13.1 Å². The number of anilines is 1. The molecule has 6 nitrogen and oxygen atoms in total. The number of nitrogens with one attached hydrogen (secondary N) is 1. The quantitative estimate of drug-likeness (QED) is 0.708. The first-order valence-electron chi connectivity index (χ1n) is 5.95. The maximum absolute atomic E-state index is 10.9. The molecule has 0 spiro atoms. The van der Waals surface area contributed by atoms with E-state index >= 15 is 0 Å². The monoisotopic (exact) mass is 260 g/mol. The van der Waals surface area contributed by atoms with Gasteiger partial charge >= 0.3 is 0 Å². The molecule has 1 aromatic heterocycles. The van der Waals surface area contributed by atoms with E-state index in [1.54, 1.807) is 35.1 Å². The van der Waals surface area contributed by atoms with E-state index in [9.17, 15) is 4.79 Å². The third-order valence-corrected chi connectivity index (χ3v) is 2.68. The number of aliphatic hydroxyl groups excluding tert-OH is 1. The third kappa shape index (κ3) is 3.56. The number of primary amides is 1. The van der Waals surface area contributed by atoms with Crippen LogP contribution >= 0.6 is 0 Å². The molecule has 100 valence electrons. The fourth-order valence-corrected chi connectivity index (χ4v) is 1.68. The Labute approximate surface area is 110 Å². The van der Waals surface area contributed by atoms with Crippen LogP contribution in [0.25, 0.3) is 0 Å². The first-order valence-corrected chi connectivity index (χ1v) is 5.95. The zero-order valence-corrected chi connectivity index (χ0v) is 10.4. The number of nitrogens with two attached hydrogens (primary N) is 1.